The minimum absolute atomic E-state index is 0.175. The molecule has 0 saturated heterocycles. The summed E-state index contributed by atoms with van der Waals surface area (Å²) in [5.41, 5.74) is -0.876. The molecule has 0 bridgehead atoms. The number of hydrogen-bond donors (Lipinski definition) is 0. The van der Waals surface area contributed by atoms with Crippen LogP contribution in [0.25, 0.3) is 0 Å². The van der Waals surface area contributed by atoms with Gasteiger partial charge in [0.05, 0.1) is 13.0 Å². The lowest BCUT2D eigenvalue weighted by Crippen LogP contribution is -2.34. The van der Waals surface area contributed by atoms with Gasteiger partial charge in [0.25, 0.3) is 0 Å². The summed E-state index contributed by atoms with van der Waals surface area (Å²) < 4.78 is 4.51. The molecule has 17 heavy (non-hydrogen) atoms. The number of rotatable bonds is 3. The highest BCUT2D eigenvalue weighted by Crippen LogP contribution is 2.54. The monoisotopic (exact) mass is 255 g/mol. The summed E-state index contributed by atoms with van der Waals surface area (Å²) in [6.45, 7) is 0. The van der Waals surface area contributed by atoms with Gasteiger partial charge in [-0.3, -0.25) is 10.1 Å². The first-order valence-electron chi connectivity index (χ1n) is 5.00. The molecule has 0 spiro atoms. The Labute approximate surface area is 102 Å². The molecule has 0 N–H and O–H groups in total. The number of halogens is 1. The molecular weight excluding hydrogens is 246 g/mol. The molecule has 0 aliphatic heterocycles. The third-order valence-corrected chi connectivity index (χ3v) is 3.32. The summed E-state index contributed by atoms with van der Waals surface area (Å²) >= 11 is 5.73. The Morgan fingerprint density at radius 2 is 2.12 bits per heavy atom. The lowest BCUT2D eigenvalue weighted by atomic mass is 10.1. The Balaban J connectivity index is 2.29. The fourth-order valence-corrected chi connectivity index (χ4v) is 2.15. The second kappa shape index (κ2) is 4.00. The zero-order valence-electron chi connectivity index (χ0n) is 9.05. The standard InChI is InChI=1S/C11H10ClNO4/c1-17-10(14)11(13(15)16)6-9(11)7-2-4-8(12)5-3-7/h2-5,9H,6H2,1H3/t9-,11+/m1/s1. The predicted molar refractivity (Wildman–Crippen MR) is 60.6 cm³/mol. The van der Waals surface area contributed by atoms with Crippen molar-refractivity contribution >= 4 is 17.6 Å². The van der Waals surface area contributed by atoms with Crippen molar-refractivity contribution in [2.45, 2.75) is 17.9 Å². The van der Waals surface area contributed by atoms with Crippen LogP contribution in [0.4, 0.5) is 0 Å². The number of hydrogen-bond acceptors (Lipinski definition) is 4. The van der Waals surface area contributed by atoms with E-state index in [1.54, 1.807) is 24.3 Å². The van der Waals surface area contributed by atoms with Gasteiger partial charge in [-0.25, -0.2) is 4.79 Å². The fraction of sp³-hybridized carbons (Fsp3) is 0.364. The number of methoxy groups -OCH3 is 1. The summed E-state index contributed by atoms with van der Waals surface area (Å²) in [7, 11) is 1.16. The van der Waals surface area contributed by atoms with Crippen molar-refractivity contribution < 1.29 is 14.5 Å². The quantitative estimate of drug-likeness (QED) is 0.471. The summed E-state index contributed by atoms with van der Waals surface area (Å²) in [4.78, 5) is 22.0. The van der Waals surface area contributed by atoms with E-state index in [4.69, 9.17) is 11.6 Å². The Morgan fingerprint density at radius 1 is 1.53 bits per heavy atom. The summed E-state index contributed by atoms with van der Waals surface area (Å²) in [6.07, 6.45) is 0.175. The zero-order chi connectivity index (χ0) is 12.6. The second-order valence-electron chi connectivity index (χ2n) is 3.98. The molecule has 0 amide bonds. The molecule has 1 aliphatic carbocycles. The third-order valence-electron chi connectivity index (χ3n) is 3.07. The number of nitro groups is 1. The van der Waals surface area contributed by atoms with Gasteiger partial charge in [-0.05, 0) is 17.7 Å². The molecular formula is C11H10ClNO4. The van der Waals surface area contributed by atoms with Crippen LogP contribution in [0.3, 0.4) is 0 Å². The van der Waals surface area contributed by atoms with Crippen molar-refractivity contribution in [2.24, 2.45) is 0 Å². The maximum absolute atomic E-state index is 11.5. The van der Waals surface area contributed by atoms with Crippen LogP contribution in [0.5, 0.6) is 0 Å². The summed E-state index contributed by atoms with van der Waals surface area (Å²) in [6, 6.07) is 6.69. The van der Waals surface area contributed by atoms with Crippen molar-refractivity contribution in [3.05, 3.63) is 45.0 Å². The largest absolute Gasteiger partial charge is 0.464 e. The Kier molecular flexibility index (Phi) is 2.79. The van der Waals surface area contributed by atoms with Crippen LogP contribution in [-0.4, -0.2) is 23.5 Å². The smallest absolute Gasteiger partial charge is 0.385 e. The van der Waals surface area contributed by atoms with Gasteiger partial charge in [-0.1, -0.05) is 23.7 Å². The number of ether oxygens (including phenoxy) is 1. The fourth-order valence-electron chi connectivity index (χ4n) is 2.02. The van der Waals surface area contributed by atoms with Crippen molar-refractivity contribution in [1.82, 2.24) is 0 Å². The van der Waals surface area contributed by atoms with E-state index in [1.165, 1.54) is 0 Å². The second-order valence-corrected chi connectivity index (χ2v) is 4.42. The highest BCUT2D eigenvalue weighted by Gasteiger charge is 2.73. The minimum Gasteiger partial charge on any atom is -0.464 e. The van der Waals surface area contributed by atoms with E-state index in [9.17, 15) is 14.9 Å². The van der Waals surface area contributed by atoms with Gasteiger partial charge in [0.2, 0.25) is 0 Å². The van der Waals surface area contributed by atoms with Crippen molar-refractivity contribution in [3.63, 3.8) is 0 Å². The maximum Gasteiger partial charge on any atom is 0.385 e. The van der Waals surface area contributed by atoms with Gasteiger partial charge in [0, 0.05) is 16.4 Å². The van der Waals surface area contributed by atoms with Gasteiger partial charge >= 0.3 is 11.5 Å². The number of carbonyl (C=O) groups is 1. The van der Waals surface area contributed by atoms with Crippen molar-refractivity contribution in [2.75, 3.05) is 7.11 Å². The average molecular weight is 256 g/mol. The number of nitrogens with zero attached hydrogens (tertiary/aromatic N) is 1. The van der Waals surface area contributed by atoms with E-state index in [0.29, 0.717) is 5.02 Å². The van der Waals surface area contributed by atoms with E-state index in [-0.39, 0.29) is 6.42 Å². The summed E-state index contributed by atoms with van der Waals surface area (Å²) in [5, 5.41) is 11.6. The normalized spacial score (nSPS) is 26.4. The molecule has 0 radical (unpaired) electrons. The van der Waals surface area contributed by atoms with E-state index < -0.39 is 22.3 Å². The molecule has 5 nitrogen and oxygen atoms in total. The minimum atomic E-state index is -1.61. The van der Waals surface area contributed by atoms with Crippen LogP contribution < -0.4 is 0 Å². The van der Waals surface area contributed by atoms with Crippen molar-refractivity contribution in [3.8, 4) is 0 Å². The van der Waals surface area contributed by atoms with Gasteiger partial charge in [-0.15, -0.1) is 0 Å². The molecule has 2 rings (SSSR count). The number of carbonyl (C=O) groups excluding carboxylic acids is 1. The highest BCUT2D eigenvalue weighted by atomic mass is 35.5. The molecule has 0 heterocycles. The molecule has 1 saturated carbocycles. The van der Waals surface area contributed by atoms with E-state index in [1.807, 2.05) is 0 Å². The van der Waals surface area contributed by atoms with Crippen molar-refractivity contribution in [1.29, 1.82) is 0 Å². The van der Waals surface area contributed by atoms with Crippen LogP contribution in [0.1, 0.15) is 17.9 Å². The maximum atomic E-state index is 11.5. The van der Waals surface area contributed by atoms with Gasteiger partial charge < -0.3 is 4.74 Å². The molecule has 6 heteroatoms. The van der Waals surface area contributed by atoms with Crippen LogP contribution >= 0.6 is 11.6 Å². The molecule has 90 valence electrons. The molecule has 1 fully saturated rings. The average Bonchev–Trinajstić information content (AvgIpc) is 3.05. The third kappa shape index (κ3) is 1.76. The first kappa shape index (κ1) is 11.9. The SMILES string of the molecule is COC(=O)[C@]1([N+](=O)[O-])C[C@@H]1c1ccc(Cl)cc1. The first-order chi connectivity index (χ1) is 8.02. The molecule has 2 atom stereocenters. The lowest BCUT2D eigenvalue weighted by Gasteiger charge is -2.07. The molecule has 1 aliphatic rings. The highest BCUT2D eigenvalue weighted by molar-refractivity contribution is 6.30. The van der Waals surface area contributed by atoms with E-state index in [2.05, 4.69) is 4.74 Å². The number of esters is 1. The van der Waals surface area contributed by atoms with Crippen LogP contribution in [-0.2, 0) is 9.53 Å². The van der Waals surface area contributed by atoms with E-state index >= 15 is 0 Å². The Morgan fingerprint density at radius 3 is 2.59 bits per heavy atom. The Bertz CT molecular complexity index is 473. The molecule has 0 aromatic heterocycles. The number of benzene rings is 1. The van der Waals surface area contributed by atoms with Gasteiger partial charge in [-0.2, -0.15) is 0 Å². The Hall–Kier alpha value is -1.62. The van der Waals surface area contributed by atoms with E-state index in [0.717, 1.165) is 12.7 Å². The zero-order valence-corrected chi connectivity index (χ0v) is 9.81. The predicted octanol–water partition coefficient (Wildman–Crippen LogP) is 2.02. The topological polar surface area (TPSA) is 69.4 Å². The molecule has 0 unspecified atom stereocenters. The van der Waals surface area contributed by atoms with Crippen LogP contribution in [0.2, 0.25) is 5.02 Å². The first-order valence-corrected chi connectivity index (χ1v) is 5.38. The van der Waals surface area contributed by atoms with Crippen LogP contribution in [0.15, 0.2) is 24.3 Å². The lowest BCUT2D eigenvalue weighted by molar-refractivity contribution is -0.526. The van der Waals surface area contributed by atoms with Gasteiger partial charge in [0.1, 0.15) is 0 Å². The molecule has 1 aromatic rings. The molecule has 1 aromatic carbocycles. The summed E-state index contributed by atoms with van der Waals surface area (Å²) in [5.74, 6) is -1.22. The van der Waals surface area contributed by atoms with Crippen LogP contribution in [0, 0.1) is 10.1 Å². The van der Waals surface area contributed by atoms with Gasteiger partial charge in [0.15, 0.2) is 0 Å².